The first-order chi connectivity index (χ1) is 11.6. The number of carbonyl (C=O) groups excluding carboxylic acids is 1. The molecule has 128 valence electrons. The van der Waals surface area contributed by atoms with Crippen LogP contribution < -0.4 is 5.32 Å². The Bertz CT molecular complexity index is 683. The number of amides is 1. The van der Waals surface area contributed by atoms with Crippen molar-refractivity contribution >= 4 is 5.91 Å². The standard InChI is InChI=1S/C18H25N5O/c1-14-3-4-17(15(2)7-14)10-22-6-5-16(9-22)8-20-18(24)11-23-13-19-12-21-23/h3-4,7,12-13,16H,5-6,8-11H2,1-2H3,(H,20,24). The van der Waals surface area contributed by atoms with E-state index < -0.39 is 0 Å². The molecule has 1 aromatic heterocycles. The van der Waals surface area contributed by atoms with Gasteiger partial charge < -0.3 is 5.32 Å². The zero-order valence-corrected chi connectivity index (χ0v) is 14.4. The van der Waals surface area contributed by atoms with E-state index in [-0.39, 0.29) is 12.5 Å². The van der Waals surface area contributed by atoms with Gasteiger partial charge in [-0.25, -0.2) is 9.67 Å². The van der Waals surface area contributed by atoms with Crippen molar-refractivity contribution in [2.24, 2.45) is 5.92 Å². The number of hydrogen-bond donors (Lipinski definition) is 1. The number of hydrogen-bond acceptors (Lipinski definition) is 4. The molecule has 24 heavy (non-hydrogen) atoms. The van der Waals surface area contributed by atoms with E-state index in [4.69, 9.17) is 0 Å². The molecule has 1 aliphatic rings. The SMILES string of the molecule is Cc1ccc(CN2CCC(CNC(=O)Cn3cncn3)C2)c(C)c1. The lowest BCUT2D eigenvalue weighted by atomic mass is 10.1. The summed E-state index contributed by atoms with van der Waals surface area (Å²) in [7, 11) is 0. The Kier molecular flexibility index (Phi) is 5.25. The van der Waals surface area contributed by atoms with Gasteiger partial charge in [0, 0.05) is 19.6 Å². The Morgan fingerprint density at radius 3 is 3.00 bits per heavy atom. The van der Waals surface area contributed by atoms with Crippen LogP contribution in [0.2, 0.25) is 0 Å². The lowest BCUT2D eigenvalue weighted by Crippen LogP contribution is -2.33. The summed E-state index contributed by atoms with van der Waals surface area (Å²) >= 11 is 0. The highest BCUT2D eigenvalue weighted by atomic mass is 16.2. The summed E-state index contributed by atoms with van der Waals surface area (Å²) in [5.41, 5.74) is 4.07. The molecule has 0 spiro atoms. The minimum Gasteiger partial charge on any atom is -0.354 e. The van der Waals surface area contributed by atoms with Crippen molar-refractivity contribution in [2.75, 3.05) is 19.6 Å². The van der Waals surface area contributed by atoms with Crippen LogP contribution in [0.1, 0.15) is 23.1 Å². The van der Waals surface area contributed by atoms with E-state index in [0.717, 1.165) is 32.6 Å². The van der Waals surface area contributed by atoms with E-state index in [2.05, 4.69) is 52.3 Å². The van der Waals surface area contributed by atoms with Crippen molar-refractivity contribution in [3.63, 3.8) is 0 Å². The predicted molar refractivity (Wildman–Crippen MR) is 92.3 cm³/mol. The van der Waals surface area contributed by atoms with Gasteiger partial charge in [0.25, 0.3) is 0 Å². The first-order valence-electron chi connectivity index (χ1n) is 8.48. The lowest BCUT2D eigenvalue weighted by Gasteiger charge is -2.18. The Balaban J connectivity index is 1.43. The fourth-order valence-corrected chi connectivity index (χ4v) is 3.26. The molecule has 6 nitrogen and oxygen atoms in total. The maximum absolute atomic E-state index is 11.9. The second-order valence-electron chi connectivity index (χ2n) is 6.72. The first kappa shape index (κ1) is 16.6. The molecule has 6 heteroatoms. The Morgan fingerprint density at radius 1 is 1.38 bits per heavy atom. The zero-order chi connectivity index (χ0) is 16.9. The monoisotopic (exact) mass is 327 g/mol. The number of nitrogens with zero attached hydrogens (tertiary/aromatic N) is 4. The number of nitrogens with one attached hydrogen (secondary N) is 1. The number of benzene rings is 1. The third-order valence-electron chi connectivity index (χ3n) is 4.62. The van der Waals surface area contributed by atoms with Crippen LogP contribution in [0.4, 0.5) is 0 Å². The predicted octanol–water partition coefficient (Wildman–Crippen LogP) is 1.53. The molecule has 1 unspecified atom stereocenters. The van der Waals surface area contributed by atoms with E-state index >= 15 is 0 Å². The molecule has 1 atom stereocenters. The van der Waals surface area contributed by atoms with E-state index in [1.54, 1.807) is 6.33 Å². The van der Waals surface area contributed by atoms with E-state index in [1.807, 2.05) is 0 Å². The number of rotatable bonds is 6. The summed E-state index contributed by atoms with van der Waals surface area (Å²) in [5.74, 6) is 0.517. The summed E-state index contributed by atoms with van der Waals surface area (Å²) in [6, 6.07) is 6.66. The van der Waals surface area contributed by atoms with Crippen molar-refractivity contribution in [1.29, 1.82) is 0 Å². The van der Waals surface area contributed by atoms with E-state index in [9.17, 15) is 4.79 Å². The second-order valence-corrected chi connectivity index (χ2v) is 6.72. The highest BCUT2D eigenvalue weighted by Crippen LogP contribution is 2.20. The van der Waals surface area contributed by atoms with Crippen LogP contribution in [-0.2, 0) is 17.9 Å². The molecule has 3 rings (SSSR count). The Labute approximate surface area is 142 Å². The largest absolute Gasteiger partial charge is 0.354 e. The van der Waals surface area contributed by atoms with Gasteiger partial charge in [-0.05, 0) is 43.9 Å². The van der Waals surface area contributed by atoms with Gasteiger partial charge in [-0.1, -0.05) is 23.8 Å². The van der Waals surface area contributed by atoms with Crippen molar-refractivity contribution in [3.8, 4) is 0 Å². The molecule has 0 saturated carbocycles. The number of carbonyl (C=O) groups is 1. The van der Waals surface area contributed by atoms with Crippen LogP contribution in [0.3, 0.4) is 0 Å². The van der Waals surface area contributed by atoms with Crippen LogP contribution in [0, 0.1) is 19.8 Å². The van der Waals surface area contributed by atoms with Gasteiger partial charge >= 0.3 is 0 Å². The van der Waals surface area contributed by atoms with Gasteiger partial charge in [-0.2, -0.15) is 5.10 Å². The van der Waals surface area contributed by atoms with Crippen LogP contribution in [0.5, 0.6) is 0 Å². The lowest BCUT2D eigenvalue weighted by molar-refractivity contribution is -0.122. The van der Waals surface area contributed by atoms with Crippen molar-refractivity contribution in [1.82, 2.24) is 25.0 Å². The molecule has 1 N–H and O–H groups in total. The first-order valence-corrected chi connectivity index (χ1v) is 8.48. The maximum Gasteiger partial charge on any atom is 0.241 e. The summed E-state index contributed by atoms with van der Waals surface area (Å²) in [5, 5.41) is 6.96. The van der Waals surface area contributed by atoms with Gasteiger partial charge in [-0.3, -0.25) is 9.69 Å². The quantitative estimate of drug-likeness (QED) is 0.874. The molecule has 1 amide bonds. The fourth-order valence-electron chi connectivity index (χ4n) is 3.26. The van der Waals surface area contributed by atoms with Gasteiger partial charge in [0.05, 0.1) is 0 Å². The van der Waals surface area contributed by atoms with Gasteiger partial charge in [0.2, 0.25) is 5.91 Å². The summed E-state index contributed by atoms with van der Waals surface area (Å²) in [6.45, 7) is 8.41. The highest BCUT2D eigenvalue weighted by molar-refractivity contribution is 5.75. The van der Waals surface area contributed by atoms with Crippen LogP contribution in [0.15, 0.2) is 30.9 Å². The Morgan fingerprint density at radius 2 is 2.25 bits per heavy atom. The van der Waals surface area contributed by atoms with Crippen molar-refractivity contribution in [3.05, 3.63) is 47.5 Å². The minimum atomic E-state index is -0.00618. The van der Waals surface area contributed by atoms with E-state index in [0.29, 0.717) is 5.92 Å². The molecule has 1 aromatic carbocycles. The summed E-state index contributed by atoms with van der Waals surface area (Å²) in [6.07, 6.45) is 4.13. The number of aromatic nitrogens is 3. The molecule has 0 aliphatic carbocycles. The number of likely N-dealkylation sites (tertiary alicyclic amines) is 1. The molecular weight excluding hydrogens is 302 g/mol. The highest BCUT2D eigenvalue weighted by Gasteiger charge is 2.23. The summed E-state index contributed by atoms with van der Waals surface area (Å²) < 4.78 is 1.54. The molecule has 1 fully saturated rings. The summed E-state index contributed by atoms with van der Waals surface area (Å²) in [4.78, 5) is 18.2. The average molecular weight is 327 g/mol. The average Bonchev–Trinajstić information content (AvgIpc) is 3.20. The normalized spacial score (nSPS) is 18.0. The topological polar surface area (TPSA) is 63.1 Å². The van der Waals surface area contributed by atoms with Gasteiger partial charge in [0.15, 0.2) is 0 Å². The fraction of sp³-hybridized carbons (Fsp3) is 0.500. The van der Waals surface area contributed by atoms with Gasteiger partial charge in [-0.15, -0.1) is 0 Å². The molecule has 0 radical (unpaired) electrons. The van der Waals surface area contributed by atoms with Gasteiger partial charge in [0.1, 0.15) is 19.2 Å². The van der Waals surface area contributed by atoms with Crippen LogP contribution >= 0.6 is 0 Å². The molecule has 1 saturated heterocycles. The van der Waals surface area contributed by atoms with Crippen LogP contribution in [-0.4, -0.2) is 45.2 Å². The molecule has 0 bridgehead atoms. The maximum atomic E-state index is 11.9. The molecular formula is C18H25N5O. The third kappa shape index (κ3) is 4.41. The van der Waals surface area contributed by atoms with Crippen LogP contribution in [0.25, 0.3) is 0 Å². The minimum absolute atomic E-state index is 0.00618. The molecule has 2 aromatic rings. The Hall–Kier alpha value is -2.21. The smallest absolute Gasteiger partial charge is 0.241 e. The van der Waals surface area contributed by atoms with Crippen molar-refractivity contribution < 1.29 is 4.79 Å². The van der Waals surface area contributed by atoms with E-state index in [1.165, 1.54) is 27.7 Å². The number of aryl methyl sites for hydroxylation is 2. The molecule has 1 aliphatic heterocycles. The second kappa shape index (κ2) is 7.57. The van der Waals surface area contributed by atoms with Crippen molar-refractivity contribution in [2.45, 2.75) is 33.4 Å². The third-order valence-corrected chi connectivity index (χ3v) is 4.62. The zero-order valence-electron chi connectivity index (χ0n) is 14.4. The molecule has 2 heterocycles.